The van der Waals surface area contributed by atoms with Gasteiger partial charge in [-0.1, -0.05) is 17.4 Å². The van der Waals surface area contributed by atoms with Gasteiger partial charge in [-0.3, -0.25) is 9.36 Å². The Morgan fingerprint density at radius 2 is 1.81 bits per heavy atom. The standard InChI is InChI=1S/C31H35IN2O7S/c1-8-38-24-14-19(13-21(32)28(24)39-9-2)15-25-29(35)34-27(20-11-12-22(41-17(4)5)23(16-20)37-7)26(30(36)40-10-3)18(6)33-31(34)42-25/h11-17,27H,8-10H2,1-7H3/b25-15+/t27-/m1/s1. The summed E-state index contributed by atoms with van der Waals surface area (Å²) >= 11 is 3.47. The molecule has 0 radical (unpaired) electrons. The van der Waals surface area contributed by atoms with E-state index in [9.17, 15) is 9.59 Å². The van der Waals surface area contributed by atoms with Crippen molar-refractivity contribution in [2.75, 3.05) is 26.9 Å². The second-order valence-electron chi connectivity index (χ2n) is 9.58. The first-order valence-electron chi connectivity index (χ1n) is 13.8. The number of ether oxygens (including phenoxy) is 5. The maximum atomic E-state index is 14.1. The molecule has 42 heavy (non-hydrogen) atoms. The van der Waals surface area contributed by atoms with Crippen LogP contribution in [0.5, 0.6) is 23.0 Å². The molecule has 224 valence electrons. The Bertz CT molecular complexity index is 1690. The van der Waals surface area contributed by atoms with Crippen molar-refractivity contribution < 1.29 is 28.5 Å². The molecular weight excluding hydrogens is 671 g/mol. The molecule has 4 rings (SSSR count). The molecule has 3 aromatic rings. The molecule has 11 heteroatoms. The highest BCUT2D eigenvalue weighted by atomic mass is 127. The molecule has 0 fully saturated rings. The Morgan fingerprint density at radius 1 is 1.07 bits per heavy atom. The molecular formula is C31H35IN2O7S. The van der Waals surface area contributed by atoms with Gasteiger partial charge >= 0.3 is 5.97 Å². The van der Waals surface area contributed by atoms with Crippen LogP contribution in [0.15, 0.2) is 51.4 Å². The van der Waals surface area contributed by atoms with Crippen LogP contribution in [0.2, 0.25) is 0 Å². The van der Waals surface area contributed by atoms with Crippen molar-refractivity contribution in [3.8, 4) is 23.0 Å². The lowest BCUT2D eigenvalue weighted by molar-refractivity contribution is -0.139. The number of rotatable bonds is 11. The lowest BCUT2D eigenvalue weighted by Gasteiger charge is -2.25. The predicted octanol–water partition coefficient (Wildman–Crippen LogP) is 5.00. The third-order valence-corrected chi connectivity index (χ3v) is 8.09. The van der Waals surface area contributed by atoms with E-state index in [1.54, 1.807) is 37.7 Å². The summed E-state index contributed by atoms with van der Waals surface area (Å²) in [5, 5.41) is 0. The number of nitrogens with zero attached hydrogens (tertiary/aromatic N) is 2. The molecule has 0 bridgehead atoms. The van der Waals surface area contributed by atoms with Crippen molar-refractivity contribution in [1.29, 1.82) is 0 Å². The second kappa shape index (κ2) is 13.8. The van der Waals surface area contributed by atoms with E-state index in [2.05, 4.69) is 27.6 Å². The van der Waals surface area contributed by atoms with Crippen molar-refractivity contribution in [3.05, 3.63) is 76.0 Å². The number of methoxy groups -OCH3 is 1. The summed E-state index contributed by atoms with van der Waals surface area (Å²) in [6, 6.07) is 8.45. The molecule has 0 spiro atoms. The fraction of sp³-hybridized carbons (Fsp3) is 0.387. The summed E-state index contributed by atoms with van der Waals surface area (Å²) in [6.45, 7) is 12.4. The van der Waals surface area contributed by atoms with E-state index >= 15 is 0 Å². The van der Waals surface area contributed by atoms with Crippen LogP contribution in [0.4, 0.5) is 0 Å². The highest BCUT2D eigenvalue weighted by molar-refractivity contribution is 14.1. The molecule has 2 aromatic carbocycles. The number of thiazole rings is 1. The van der Waals surface area contributed by atoms with E-state index in [1.807, 2.05) is 52.0 Å². The fourth-order valence-electron chi connectivity index (χ4n) is 4.68. The third kappa shape index (κ3) is 6.51. The molecule has 0 aliphatic carbocycles. The monoisotopic (exact) mass is 706 g/mol. The summed E-state index contributed by atoms with van der Waals surface area (Å²) in [7, 11) is 1.56. The summed E-state index contributed by atoms with van der Waals surface area (Å²) < 4.78 is 31.5. The van der Waals surface area contributed by atoms with E-state index in [-0.39, 0.29) is 18.3 Å². The summed E-state index contributed by atoms with van der Waals surface area (Å²) in [5.74, 6) is 1.82. The maximum Gasteiger partial charge on any atom is 0.338 e. The molecule has 1 atom stereocenters. The van der Waals surface area contributed by atoms with Crippen LogP contribution in [0, 0.1) is 3.57 Å². The van der Waals surface area contributed by atoms with Crippen LogP contribution in [0.1, 0.15) is 58.7 Å². The number of carbonyl (C=O) groups excluding carboxylic acids is 1. The first-order valence-corrected chi connectivity index (χ1v) is 15.7. The number of hydrogen-bond acceptors (Lipinski definition) is 9. The third-order valence-electron chi connectivity index (χ3n) is 6.30. The van der Waals surface area contributed by atoms with Crippen LogP contribution >= 0.6 is 33.9 Å². The zero-order valence-electron chi connectivity index (χ0n) is 24.8. The van der Waals surface area contributed by atoms with Gasteiger partial charge in [0.25, 0.3) is 5.56 Å². The molecule has 0 unspecified atom stereocenters. The lowest BCUT2D eigenvalue weighted by Crippen LogP contribution is -2.40. The number of esters is 1. The summed E-state index contributed by atoms with van der Waals surface area (Å²) in [5.41, 5.74) is 1.96. The number of aromatic nitrogens is 1. The predicted molar refractivity (Wildman–Crippen MR) is 171 cm³/mol. The van der Waals surface area contributed by atoms with Crippen molar-refractivity contribution in [1.82, 2.24) is 4.57 Å². The molecule has 0 saturated heterocycles. The van der Waals surface area contributed by atoms with Crippen molar-refractivity contribution in [2.24, 2.45) is 4.99 Å². The van der Waals surface area contributed by atoms with Gasteiger partial charge < -0.3 is 23.7 Å². The number of halogens is 1. The zero-order chi connectivity index (χ0) is 30.6. The minimum Gasteiger partial charge on any atom is -0.493 e. The van der Waals surface area contributed by atoms with Gasteiger partial charge in [0.15, 0.2) is 27.8 Å². The van der Waals surface area contributed by atoms with Crippen molar-refractivity contribution >= 4 is 46.0 Å². The minimum atomic E-state index is -0.774. The van der Waals surface area contributed by atoms with Crippen LogP contribution in [0.25, 0.3) is 6.08 Å². The quantitative estimate of drug-likeness (QED) is 0.205. The van der Waals surface area contributed by atoms with Crippen LogP contribution < -0.4 is 33.8 Å². The van der Waals surface area contributed by atoms with Gasteiger partial charge in [-0.05, 0) is 106 Å². The smallest absolute Gasteiger partial charge is 0.338 e. The van der Waals surface area contributed by atoms with Gasteiger partial charge in [0.1, 0.15) is 0 Å². The van der Waals surface area contributed by atoms with Gasteiger partial charge in [0.2, 0.25) is 0 Å². The molecule has 2 heterocycles. The minimum absolute atomic E-state index is 0.0615. The summed E-state index contributed by atoms with van der Waals surface area (Å²) in [6.07, 6.45) is 1.75. The molecule has 1 aliphatic heterocycles. The van der Waals surface area contributed by atoms with Crippen LogP contribution in [-0.2, 0) is 9.53 Å². The SMILES string of the molecule is CCOC(=O)C1=C(C)N=c2s/c(=C/c3cc(I)c(OCC)c(OCC)c3)c(=O)n2[C@@H]1c1ccc(OC(C)C)c(OC)c1. The average Bonchev–Trinajstić information content (AvgIpc) is 3.24. The van der Waals surface area contributed by atoms with Crippen LogP contribution in [0.3, 0.4) is 0 Å². The second-order valence-corrected chi connectivity index (χ2v) is 11.7. The number of allylic oxidation sites excluding steroid dienone is 1. The first-order chi connectivity index (χ1) is 20.1. The zero-order valence-corrected chi connectivity index (χ0v) is 27.8. The number of carbonyl (C=O) groups is 1. The van der Waals surface area contributed by atoms with E-state index in [4.69, 9.17) is 23.7 Å². The largest absolute Gasteiger partial charge is 0.493 e. The van der Waals surface area contributed by atoms with E-state index in [0.29, 0.717) is 62.4 Å². The number of hydrogen-bond donors (Lipinski definition) is 0. The molecule has 9 nitrogen and oxygen atoms in total. The summed E-state index contributed by atoms with van der Waals surface area (Å²) in [4.78, 5) is 32.5. The average molecular weight is 707 g/mol. The molecule has 0 saturated carbocycles. The molecule has 0 amide bonds. The number of benzene rings is 2. The van der Waals surface area contributed by atoms with Gasteiger partial charge in [-0.25, -0.2) is 9.79 Å². The molecule has 1 aromatic heterocycles. The van der Waals surface area contributed by atoms with Gasteiger partial charge in [0.05, 0.1) is 58.4 Å². The van der Waals surface area contributed by atoms with E-state index < -0.39 is 12.0 Å². The first kappa shape index (κ1) is 31.6. The Labute approximate surface area is 262 Å². The molecule has 1 aliphatic rings. The van der Waals surface area contributed by atoms with Gasteiger partial charge in [0, 0.05) is 0 Å². The Hall–Kier alpha value is -3.32. The fourth-order valence-corrected chi connectivity index (χ4v) is 6.51. The van der Waals surface area contributed by atoms with Crippen LogP contribution in [-0.4, -0.2) is 43.6 Å². The van der Waals surface area contributed by atoms with E-state index in [1.165, 1.54) is 11.3 Å². The van der Waals surface area contributed by atoms with Gasteiger partial charge in [-0.15, -0.1) is 0 Å². The lowest BCUT2D eigenvalue weighted by atomic mass is 9.95. The Morgan fingerprint density at radius 3 is 2.45 bits per heavy atom. The Kier molecular flexibility index (Phi) is 10.4. The van der Waals surface area contributed by atoms with Crippen molar-refractivity contribution in [2.45, 2.75) is 53.7 Å². The topological polar surface area (TPSA) is 97.6 Å². The highest BCUT2D eigenvalue weighted by Crippen LogP contribution is 2.37. The highest BCUT2D eigenvalue weighted by Gasteiger charge is 2.34. The Balaban J connectivity index is 1.93. The number of fused-ring (bicyclic) bond motifs is 1. The van der Waals surface area contributed by atoms with Crippen molar-refractivity contribution in [3.63, 3.8) is 0 Å². The maximum absolute atomic E-state index is 14.1. The van der Waals surface area contributed by atoms with Gasteiger partial charge in [-0.2, -0.15) is 0 Å². The molecule has 0 N–H and O–H groups in total. The normalized spacial score (nSPS) is 14.9. The van der Waals surface area contributed by atoms with E-state index in [0.717, 1.165) is 9.13 Å².